The van der Waals surface area contributed by atoms with E-state index in [1.807, 2.05) is 24.3 Å². The van der Waals surface area contributed by atoms with Crippen molar-refractivity contribution in [3.8, 4) is 0 Å². The smallest absolute Gasteiger partial charge is 0.216 e. The molecular weight excluding hydrogens is 314 g/mol. The number of rotatable bonds is 8. The first-order chi connectivity index (χ1) is 11.0. The van der Waals surface area contributed by atoms with Gasteiger partial charge in [0.2, 0.25) is 17.0 Å². The number of nitrogens with zero attached hydrogens (tertiary/aromatic N) is 2. The monoisotopic (exact) mass is 333 g/mol. The summed E-state index contributed by atoms with van der Waals surface area (Å²) < 4.78 is 0. The van der Waals surface area contributed by atoms with Gasteiger partial charge in [0.25, 0.3) is 0 Å². The van der Waals surface area contributed by atoms with Gasteiger partial charge in [0.15, 0.2) is 5.78 Å². The fraction of sp³-hybridized carbons (Fsp3) is 0.333. The van der Waals surface area contributed by atoms with Gasteiger partial charge in [-0.1, -0.05) is 36.0 Å². The Morgan fingerprint density at radius 1 is 1.30 bits per heavy atom. The average Bonchev–Trinajstić information content (AvgIpc) is 2.95. The van der Waals surface area contributed by atoms with E-state index in [0.717, 1.165) is 18.4 Å². The van der Waals surface area contributed by atoms with Gasteiger partial charge in [-0.05, 0) is 18.4 Å². The molecule has 1 aromatic carbocycles. The molecule has 0 saturated heterocycles. The van der Waals surface area contributed by atoms with E-state index in [-0.39, 0.29) is 23.4 Å². The van der Waals surface area contributed by atoms with E-state index < -0.39 is 0 Å². The van der Waals surface area contributed by atoms with Crippen LogP contribution in [0.15, 0.2) is 29.4 Å². The number of Topliss-reactive ketones (excluding diaryl/α,β-unsaturated/α-hetero) is 1. The molecule has 0 aliphatic rings. The highest BCUT2D eigenvalue weighted by Crippen LogP contribution is 2.16. The van der Waals surface area contributed by atoms with Gasteiger partial charge in [0, 0.05) is 19.0 Å². The lowest BCUT2D eigenvalue weighted by Gasteiger charge is -2.04. The topological polar surface area (TPSA) is 114 Å². The summed E-state index contributed by atoms with van der Waals surface area (Å²) in [5.74, 6) is 0.502. The number of thioether (sulfide) groups is 1. The Balaban J connectivity index is 1.79. The zero-order chi connectivity index (χ0) is 16.7. The number of benzene rings is 1. The number of nitrogen functional groups attached to an aromatic ring is 1. The Labute approximate surface area is 138 Å². The van der Waals surface area contributed by atoms with Crippen LogP contribution in [0.25, 0.3) is 0 Å². The van der Waals surface area contributed by atoms with Crippen molar-refractivity contribution in [3.05, 3.63) is 35.4 Å². The number of nitrogens with one attached hydrogen (secondary N) is 2. The van der Waals surface area contributed by atoms with E-state index in [1.54, 1.807) is 0 Å². The normalized spacial score (nSPS) is 10.5. The molecule has 0 fully saturated rings. The molecule has 7 nitrogen and oxygen atoms in total. The van der Waals surface area contributed by atoms with Crippen LogP contribution in [0.1, 0.15) is 29.3 Å². The molecule has 2 rings (SSSR count). The first-order valence-corrected chi connectivity index (χ1v) is 8.20. The lowest BCUT2D eigenvalue weighted by atomic mass is 10.1. The molecule has 0 saturated carbocycles. The van der Waals surface area contributed by atoms with Crippen molar-refractivity contribution in [3.63, 3.8) is 0 Å². The lowest BCUT2D eigenvalue weighted by molar-refractivity contribution is -0.118. The Bertz CT molecular complexity index is 669. The second-order valence-corrected chi connectivity index (χ2v) is 5.94. The van der Waals surface area contributed by atoms with Crippen LogP contribution in [0, 0.1) is 0 Å². The van der Waals surface area contributed by atoms with Crippen molar-refractivity contribution in [2.24, 2.45) is 0 Å². The van der Waals surface area contributed by atoms with Gasteiger partial charge in [-0.25, -0.2) is 5.10 Å². The summed E-state index contributed by atoms with van der Waals surface area (Å²) in [5, 5.41) is 9.62. The second kappa shape index (κ2) is 8.33. The maximum absolute atomic E-state index is 12.1. The molecule has 0 radical (unpaired) electrons. The van der Waals surface area contributed by atoms with Crippen LogP contribution in [-0.2, 0) is 11.2 Å². The number of amides is 1. The highest BCUT2D eigenvalue weighted by atomic mass is 32.2. The quantitative estimate of drug-likeness (QED) is 0.382. The number of H-pyrrole nitrogens is 1. The van der Waals surface area contributed by atoms with Crippen LogP contribution < -0.4 is 11.1 Å². The highest BCUT2D eigenvalue weighted by Gasteiger charge is 2.09. The van der Waals surface area contributed by atoms with E-state index in [2.05, 4.69) is 20.5 Å². The second-order valence-electron chi connectivity index (χ2n) is 5.00. The lowest BCUT2D eigenvalue weighted by Crippen LogP contribution is -2.21. The molecule has 1 aromatic heterocycles. The number of aromatic nitrogens is 3. The molecule has 122 valence electrons. The number of anilines is 1. The average molecular weight is 333 g/mol. The number of ketones is 1. The first kappa shape index (κ1) is 17.0. The first-order valence-electron chi connectivity index (χ1n) is 7.22. The van der Waals surface area contributed by atoms with Gasteiger partial charge >= 0.3 is 0 Å². The van der Waals surface area contributed by atoms with Crippen molar-refractivity contribution in [1.82, 2.24) is 20.5 Å². The Hall–Kier alpha value is -2.35. The summed E-state index contributed by atoms with van der Waals surface area (Å²) in [4.78, 5) is 26.8. The van der Waals surface area contributed by atoms with Crippen LogP contribution in [-0.4, -0.2) is 39.2 Å². The summed E-state index contributed by atoms with van der Waals surface area (Å²) in [5.41, 5.74) is 7.23. The molecule has 23 heavy (non-hydrogen) atoms. The zero-order valence-corrected chi connectivity index (χ0v) is 13.7. The Kier molecular flexibility index (Phi) is 6.16. The largest absolute Gasteiger partial charge is 0.368 e. The summed E-state index contributed by atoms with van der Waals surface area (Å²) >= 11 is 1.24. The molecule has 8 heteroatoms. The molecule has 2 aromatic rings. The van der Waals surface area contributed by atoms with E-state index >= 15 is 0 Å². The number of carbonyl (C=O) groups is 2. The predicted molar refractivity (Wildman–Crippen MR) is 89.3 cm³/mol. The molecule has 0 atom stereocenters. The van der Waals surface area contributed by atoms with Crippen LogP contribution in [0.3, 0.4) is 0 Å². The van der Waals surface area contributed by atoms with Gasteiger partial charge in [-0.15, -0.1) is 5.10 Å². The Morgan fingerprint density at radius 3 is 2.65 bits per heavy atom. The number of aryl methyl sites for hydroxylation is 1. The SMILES string of the molecule is CC(=O)NCCCc1ccc(C(=O)CSc2n[nH]c(N)n2)cc1. The number of aromatic amines is 1. The van der Waals surface area contributed by atoms with Gasteiger partial charge < -0.3 is 11.1 Å². The van der Waals surface area contributed by atoms with Crippen LogP contribution in [0.4, 0.5) is 5.95 Å². The summed E-state index contributed by atoms with van der Waals surface area (Å²) in [6.07, 6.45) is 1.73. The van der Waals surface area contributed by atoms with E-state index in [9.17, 15) is 9.59 Å². The molecule has 1 amide bonds. The number of hydrogen-bond acceptors (Lipinski definition) is 6. The van der Waals surface area contributed by atoms with E-state index in [1.165, 1.54) is 18.7 Å². The van der Waals surface area contributed by atoms with Crippen molar-refractivity contribution in [2.45, 2.75) is 24.9 Å². The third kappa shape index (κ3) is 5.74. The van der Waals surface area contributed by atoms with Crippen LogP contribution in [0.2, 0.25) is 0 Å². The predicted octanol–water partition coefficient (Wildman–Crippen LogP) is 1.43. The molecule has 0 unspecified atom stereocenters. The minimum atomic E-state index is -0.0170. The minimum absolute atomic E-state index is 0.0168. The molecule has 4 N–H and O–H groups in total. The minimum Gasteiger partial charge on any atom is -0.368 e. The van der Waals surface area contributed by atoms with Crippen molar-refractivity contribution in [1.29, 1.82) is 0 Å². The molecule has 0 aliphatic carbocycles. The third-order valence-corrected chi connectivity index (χ3v) is 3.95. The van der Waals surface area contributed by atoms with E-state index in [4.69, 9.17) is 5.73 Å². The van der Waals surface area contributed by atoms with Crippen molar-refractivity contribution < 1.29 is 9.59 Å². The summed E-state index contributed by atoms with van der Waals surface area (Å²) in [7, 11) is 0. The van der Waals surface area contributed by atoms with Gasteiger partial charge in [0.05, 0.1) is 5.75 Å². The molecular formula is C15H19N5O2S. The zero-order valence-electron chi connectivity index (χ0n) is 12.8. The maximum Gasteiger partial charge on any atom is 0.216 e. The molecule has 0 spiro atoms. The fourth-order valence-electron chi connectivity index (χ4n) is 1.95. The summed E-state index contributed by atoms with van der Waals surface area (Å²) in [6, 6.07) is 7.53. The molecule has 0 bridgehead atoms. The van der Waals surface area contributed by atoms with E-state index in [0.29, 0.717) is 17.3 Å². The van der Waals surface area contributed by atoms with Crippen LogP contribution >= 0.6 is 11.8 Å². The third-order valence-electron chi connectivity index (χ3n) is 3.11. The maximum atomic E-state index is 12.1. The summed E-state index contributed by atoms with van der Waals surface area (Å²) in [6.45, 7) is 2.16. The van der Waals surface area contributed by atoms with Crippen LogP contribution in [0.5, 0.6) is 0 Å². The van der Waals surface area contributed by atoms with Crippen molar-refractivity contribution in [2.75, 3.05) is 18.0 Å². The number of carbonyl (C=O) groups excluding carboxylic acids is 2. The Morgan fingerprint density at radius 2 is 2.04 bits per heavy atom. The molecule has 1 heterocycles. The fourth-order valence-corrected chi connectivity index (χ4v) is 2.65. The number of hydrogen-bond donors (Lipinski definition) is 3. The highest BCUT2D eigenvalue weighted by molar-refractivity contribution is 7.99. The molecule has 0 aliphatic heterocycles. The van der Waals surface area contributed by atoms with Crippen molar-refractivity contribution >= 4 is 29.4 Å². The van der Waals surface area contributed by atoms with Gasteiger partial charge in [0.1, 0.15) is 0 Å². The van der Waals surface area contributed by atoms with Gasteiger partial charge in [-0.3, -0.25) is 9.59 Å². The standard InChI is InChI=1S/C15H19N5O2S/c1-10(21)17-8-2-3-11-4-6-12(7-5-11)13(22)9-23-15-18-14(16)19-20-15/h4-7H,2-3,8-9H2,1H3,(H,17,21)(H3,16,18,19,20). The number of nitrogens with two attached hydrogens (primary N) is 1. The van der Waals surface area contributed by atoms with Gasteiger partial charge in [-0.2, -0.15) is 4.98 Å².